The summed E-state index contributed by atoms with van der Waals surface area (Å²) in [6, 6.07) is 11.1. The number of nitrogens with one attached hydrogen (secondary N) is 1. The number of benzene rings is 1. The van der Waals surface area contributed by atoms with Gasteiger partial charge in [0.05, 0.1) is 18.6 Å². The van der Waals surface area contributed by atoms with Gasteiger partial charge in [-0.1, -0.05) is 36.0 Å². The molecule has 1 N–H and O–H groups in total. The highest BCUT2D eigenvalue weighted by Crippen LogP contribution is 2.24. The van der Waals surface area contributed by atoms with Crippen molar-refractivity contribution in [3.63, 3.8) is 0 Å². The molecule has 4 aromatic rings. The number of hydrogen-bond donors (Lipinski definition) is 1. The van der Waals surface area contributed by atoms with E-state index in [1.165, 1.54) is 18.0 Å². The summed E-state index contributed by atoms with van der Waals surface area (Å²) in [5.74, 6) is 0.702. The number of para-hydroxylation sites is 1. The van der Waals surface area contributed by atoms with E-state index in [0.717, 1.165) is 10.9 Å². The Morgan fingerprint density at radius 2 is 2.06 bits per heavy atom. The van der Waals surface area contributed by atoms with Crippen LogP contribution in [0.4, 0.5) is 0 Å². The van der Waals surface area contributed by atoms with Crippen LogP contribution >= 0.6 is 11.8 Å². The van der Waals surface area contributed by atoms with Crippen LogP contribution in [0.2, 0.25) is 0 Å². The summed E-state index contributed by atoms with van der Waals surface area (Å²) in [6.45, 7) is 4.42. The average molecular weight is 436 g/mol. The Labute approximate surface area is 182 Å². The zero-order valence-electron chi connectivity index (χ0n) is 16.9. The molecule has 0 aliphatic rings. The largest absolute Gasteiger partial charge is 0.459 e. The number of thioether (sulfide) groups is 1. The fraction of sp³-hybridized carbons (Fsp3) is 0.182. The minimum Gasteiger partial charge on any atom is -0.459 e. The smallest absolute Gasteiger partial charge is 0.287 e. The fourth-order valence-corrected chi connectivity index (χ4v) is 4.14. The van der Waals surface area contributed by atoms with Crippen molar-refractivity contribution in [2.45, 2.75) is 18.2 Å². The summed E-state index contributed by atoms with van der Waals surface area (Å²) < 4.78 is 8.87. The predicted molar refractivity (Wildman–Crippen MR) is 118 cm³/mol. The first-order valence-corrected chi connectivity index (χ1v) is 10.6. The molecule has 9 heteroatoms. The molecular weight excluding hydrogens is 414 g/mol. The molecule has 158 valence electrons. The number of furan rings is 1. The molecule has 0 fully saturated rings. The van der Waals surface area contributed by atoms with Crippen molar-refractivity contribution in [1.29, 1.82) is 0 Å². The Morgan fingerprint density at radius 3 is 2.84 bits per heavy atom. The van der Waals surface area contributed by atoms with Gasteiger partial charge in [-0.05, 0) is 18.2 Å². The molecule has 3 heterocycles. The molecule has 31 heavy (non-hydrogen) atoms. The van der Waals surface area contributed by atoms with Gasteiger partial charge in [0.1, 0.15) is 0 Å². The molecule has 0 saturated heterocycles. The molecule has 0 spiro atoms. The zero-order valence-corrected chi connectivity index (χ0v) is 17.8. The lowest BCUT2D eigenvalue weighted by Gasteiger charge is -2.08. The van der Waals surface area contributed by atoms with E-state index in [0.29, 0.717) is 23.1 Å². The van der Waals surface area contributed by atoms with Gasteiger partial charge in [-0.25, -0.2) is 0 Å². The van der Waals surface area contributed by atoms with Crippen LogP contribution in [0.1, 0.15) is 26.7 Å². The van der Waals surface area contributed by atoms with Gasteiger partial charge in [0.15, 0.2) is 22.5 Å². The van der Waals surface area contributed by atoms with E-state index in [1.54, 1.807) is 18.2 Å². The monoisotopic (exact) mass is 435 g/mol. The molecule has 0 saturated carbocycles. The van der Waals surface area contributed by atoms with Crippen molar-refractivity contribution in [2.75, 3.05) is 5.75 Å². The van der Waals surface area contributed by atoms with Crippen LogP contribution in [0.25, 0.3) is 10.9 Å². The van der Waals surface area contributed by atoms with E-state index in [4.69, 9.17) is 4.42 Å². The van der Waals surface area contributed by atoms with E-state index in [2.05, 4.69) is 22.1 Å². The third-order valence-electron chi connectivity index (χ3n) is 4.79. The minimum absolute atomic E-state index is 0.0163. The Hall–Kier alpha value is -3.59. The summed E-state index contributed by atoms with van der Waals surface area (Å²) in [7, 11) is 1.93. The van der Waals surface area contributed by atoms with Gasteiger partial charge in [-0.3, -0.25) is 9.59 Å². The average Bonchev–Trinajstić information content (AvgIpc) is 3.51. The molecule has 1 amide bonds. The molecule has 0 radical (unpaired) electrons. The van der Waals surface area contributed by atoms with Gasteiger partial charge in [0.25, 0.3) is 5.91 Å². The van der Waals surface area contributed by atoms with Gasteiger partial charge >= 0.3 is 0 Å². The van der Waals surface area contributed by atoms with Crippen LogP contribution in [-0.4, -0.2) is 36.8 Å². The summed E-state index contributed by atoms with van der Waals surface area (Å²) >= 11 is 1.31. The highest BCUT2D eigenvalue weighted by molar-refractivity contribution is 7.99. The topological polar surface area (TPSA) is 95.0 Å². The lowest BCUT2D eigenvalue weighted by molar-refractivity contribution is 0.0921. The molecule has 0 bridgehead atoms. The van der Waals surface area contributed by atoms with Gasteiger partial charge in [-0.15, -0.1) is 16.8 Å². The number of carbonyl (C=O) groups excluding carboxylic acids is 2. The number of aromatic nitrogens is 4. The Bertz CT molecular complexity index is 1240. The third kappa shape index (κ3) is 4.31. The van der Waals surface area contributed by atoms with Crippen LogP contribution in [0, 0.1) is 0 Å². The number of amides is 1. The van der Waals surface area contributed by atoms with E-state index in [1.807, 2.05) is 46.6 Å². The lowest BCUT2D eigenvalue weighted by Crippen LogP contribution is -2.24. The SMILES string of the molecule is C=CCn1c(CNC(=O)c2ccco2)nnc1SCC(=O)c1cn(C)c2ccccc12. The number of ketones is 1. The number of carbonyl (C=O) groups is 2. The summed E-state index contributed by atoms with van der Waals surface area (Å²) in [4.78, 5) is 25.0. The first-order valence-electron chi connectivity index (χ1n) is 9.63. The van der Waals surface area contributed by atoms with Crippen LogP contribution < -0.4 is 5.32 Å². The lowest BCUT2D eigenvalue weighted by atomic mass is 10.1. The molecule has 0 aliphatic heterocycles. The second-order valence-electron chi connectivity index (χ2n) is 6.84. The first kappa shape index (κ1) is 20.7. The number of hydrogen-bond acceptors (Lipinski definition) is 6. The predicted octanol–water partition coefficient (Wildman–Crippen LogP) is 3.45. The Kier molecular flexibility index (Phi) is 6.03. The molecule has 0 unspecified atom stereocenters. The number of aryl methyl sites for hydroxylation is 1. The van der Waals surface area contributed by atoms with Crippen LogP contribution in [0.15, 0.2) is 71.1 Å². The third-order valence-corrected chi connectivity index (χ3v) is 5.75. The number of Topliss-reactive ketones (excluding diaryl/α,β-unsaturated/α-hetero) is 1. The van der Waals surface area contributed by atoms with Crippen molar-refractivity contribution in [1.82, 2.24) is 24.6 Å². The van der Waals surface area contributed by atoms with Gasteiger partial charge in [0.2, 0.25) is 0 Å². The highest BCUT2D eigenvalue weighted by atomic mass is 32.2. The van der Waals surface area contributed by atoms with Crippen molar-refractivity contribution in [2.24, 2.45) is 7.05 Å². The highest BCUT2D eigenvalue weighted by Gasteiger charge is 2.18. The maximum absolute atomic E-state index is 12.9. The molecule has 3 aromatic heterocycles. The maximum atomic E-state index is 12.9. The molecule has 0 atom stereocenters. The Morgan fingerprint density at radius 1 is 1.23 bits per heavy atom. The van der Waals surface area contributed by atoms with Crippen LogP contribution in [-0.2, 0) is 20.1 Å². The molecular formula is C22H21N5O3S. The van der Waals surface area contributed by atoms with Crippen molar-refractivity contribution in [3.05, 3.63) is 78.7 Å². The molecule has 8 nitrogen and oxygen atoms in total. The second-order valence-corrected chi connectivity index (χ2v) is 7.78. The Balaban J connectivity index is 1.46. The molecule has 0 aliphatic carbocycles. The summed E-state index contributed by atoms with van der Waals surface area (Å²) in [6.07, 6.45) is 5.02. The van der Waals surface area contributed by atoms with Gasteiger partial charge < -0.3 is 18.9 Å². The van der Waals surface area contributed by atoms with E-state index < -0.39 is 0 Å². The van der Waals surface area contributed by atoms with Crippen molar-refractivity contribution in [3.8, 4) is 0 Å². The van der Waals surface area contributed by atoms with Crippen LogP contribution in [0.3, 0.4) is 0 Å². The standard InChI is InChI=1S/C22H21N5O3S/c1-3-10-27-20(12-23-21(29)19-9-6-11-30-19)24-25-22(27)31-14-18(28)16-13-26(2)17-8-5-4-7-15(16)17/h3-9,11,13H,1,10,12,14H2,2H3,(H,23,29). The minimum atomic E-state index is -0.335. The van der Waals surface area contributed by atoms with E-state index >= 15 is 0 Å². The zero-order chi connectivity index (χ0) is 21.8. The second kappa shape index (κ2) is 9.05. The maximum Gasteiger partial charge on any atom is 0.287 e. The number of nitrogens with zero attached hydrogens (tertiary/aromatic N) is 4. The normalized spacial score (nSPS) is 11.0. The van der Waals surface area contributed by atoms with Crippen LogP contribution in [0.5, 0.6) is 0 Å². The van der Waals surface area contributed by atoms with Gasteiger partial charge in [-0.2, -0.15) is 0 Å². The van der Waals surface area contributed by atoms with Crippen molar-refractivity contribution < 1.29 is 14.0 Å². The van der Waals surface area contributed by atoms with Gasteiger partial charge in [0, 0.05) is 36.3 Å². The number of allylic oxidation sites excluding steroid dienone is 1. The quantitative estimate of drug-likeness (QED) is 0.246. The van der Waals surface area contributed by atoms with E-state index in [-0.39, 0.29) is 29.7 Å². The molecule has 4 rings (SSSR count). The molecule has 1 aromatic carbocycles. The summed E-state index contributed by atoms with van der Waals surface area (Å²) in [5, 5.41) is 12.7. The number of rotatable bonds is 9. The first-order chi connectivity index (χ1) is 15.1. The van der Waals surface area contributed by atoms with Crippen molar-refractivity contribution >= 4 is 34.4 Å². The van der Waals surface area contributed by atoms with E-state index in [9.17, 15) is 9.59 Å². The number of fused-ring (bicyclic) bond motifs is 1. The summed E-state index contributed by atoms with van der Waals surface area (Å²) in [5.41, 5.74) is 1.70. The fourth-order valence-electron chi connectivity index (χ4n) is 3.29.